The molecule has 1 aliphatic rings. The minimum Gasteiger partial charge on any atom is -0.490 e. The van der Waals surface area contributed by atoms with E-state index in [1.165, 1.54) is 23.1 Å². The van der Waals surface area contributed by atoms with Crippen LogP contribution in [-0.2, 0) is 4.79 Å². The lowest BCUT2D eigenvalue weighted by Gasteiger charge is -2.15. The van der Waals surface area contributed by atoms with Gasteiger partial charge in [-0.15, -0.1) is 23.1 Å². The van der Waals surface area contributed by atoms with Crippen LogP contribution in [0.2, 0.25) is 0 Å². The third-order valence-electron chi connectivity index (χ3n) is 3.58. The molecule has 2 N–H and O–H groups in total. The number of aliphatic carboxylic acids is 1. The number of thioether (sulfide) groups is 1. The molecule has 2 heterocycles. The summed E-state index contributed by atoms with van der Waals surface area (Å²) in [5, 5.41) is 13.8. The van der Waals surface area contributed by atoms with Crippen LogP contribution in [0.25, 0.3) is 0 Å². The molecule has 1 fully saturated rings. The Morgan fingerprint density at radius 1 is 1.32 bits per heavy atom. The number of carboxylic acid groups (broad SMARTS) is 1. The zero-order chi connectivity index (χ0) is 17.8. The largest absolute Gasteiger partial charge is 0.490 e. The molecular formula is C17H17NO5S2. The molecular weight excluding hydrogens is 362 g/mol. The monoisotopic (exact) mass is 379 g/mol. The Morgan fingerprint density at radius 2 is 2.16 bits per heavy atom. The van der Waals surface area contributed by atoms with Gasteiger partial charge in [-0.3, -0.25) is 10.1 Å². The number of thiophene rings is 1. The van der Waals surface area contributed by atoms with E-state index in [4.69, 9.17) is 14.6 Å². The topological polar surface area (TPSA) is 84.9 Å². The molecule has 0 aliphatic carbocycles. The number of carbonyl (C=O) groups is 2. The van der Waals surface area contributed by atoms with E-state index in [1.54, 1.807) is 24.3 Å². The van der Waals surface area contributed by atoms with Crippen LogP contribution in [0.3, 0.4) is 0 Å². The van der Waals surface area contributed by atoms with Crippen molar-refractivity contribution in [2.75, 3.05) is 12.4 Å². The molecule has 0 amide bonds. The van der Waals surface area contributed by atoms with Crippen molar-refractivity contribution < 1.29 is 24.2 Å². The van der Waals surface area contributed by atoms with Gasteiger partial charge < -0.3 is 14.6 Å². The molecule has 6 nitrogen and oxygen atoms in total. The summed E-state index contributed by atoms with van der Waals surface area (Å²) >= 11 is 2.83. The van der Waals surface area contributed by atoms with Crippen molar-refractivity contribution in [1.82, 2.24) is 5.32 Å². The second kappa shape index (κ2) is 7.90. The van der Waals surface area contributed by atoms with E-state index in [-0.39, 0.29) is 5.37 Å². The van der Waals surface area contributed by atoms with Crippen LogP contribution in [0, 0.1) is 0 Å². The lowest BCUT2D eigenvalue weighted by atomic mass is 10.2. The van der Waals surface area contributed by atoms with Gasteiger partial charge in [0.2, 0.25) is 0 Å². The first-order chi connectivity index (χ1) is 12.1. The third kappa shape index (κ3) is 4.15. The van der Waals surface area contributed by atoms with Crippen LogP contribution in [-0.4, -0.2) is 35.4 Å². The van der Waals surface area contributed by atoms with Crippen molar-refractivity contribution >= 4 is 35.0 Å². The molecule has 132 valence electrons. The van der Waals surface area contributed by atoms with E-state index in [9.17, 15) is 9.59 Å². The minimum atomic E-state index is -0.860. The van der Waals surface area contributed by atoms with Gasteiger partial charge in [-0.05, 0) is 36.1 Å². The summed E-state index contributed by atoms with van der Waals surface area (Å²) in [4.78, 5) is 23.7. The molecule has 1 aliphatic heterocycles. The van der Waals surface area contributed by atoms with Gasteiger partial charge in [0.15, 0.2) is 11.5 Å². The predicted octanol–water partition coefficient (Wildman–Crippen LogP) is 3.15. The fourth-order valence-corrected chi connectivity index (χ4v) is 4.21. The summed E-state index contributed by atoms with van der Waals surface area (Å²) in [5.41, 5.74) is 0.883. The molecule has 2 atom stereocenters. The molecule has 0 bridgehead atoms. The van der Waals surface area contributed by atoms with Gasteiger partial charge in [0.25, 0.3) is 0 Å². The van der Waals surface area contributed by atoms with Gasteiger partial charge >= 0.3 is 11.9 Å². The fourth-order valence-electron chi connectivity index (χ4n) is 2.39. The quantitative estimate of drug-likeness (QED) is 0.589. The maximum atomic E-state index is 12.1. The summed E-state index contributed by atoms with van der Waals surface area (Å²) in [6.45, 7) is 2.27. The van der Waals surface area contributed by atoms with E-state index >= 15 is 0 Å². The van der Waals surface area contributed by atoms with E-state index in [1.807, 2.05) is 18.4 Å². The Morgan fingerprint density at radius 3 is 2.80 bits per heavy atom. The summed E-state index contributed by atoms with van der Waals surface area (Å²) < 4.78 is 11.0. The Bertz CT molecular complexity index is 762. The van der Waals surface area contributed by atoms with Gasteiger partial charge in [-0.25, -0.2) is 4.79 Å². The van der Waals surface area contributed by atoms with Crippen LogP contribution in [0.15, 0.2) is 35.7 Å². The first-order valence-electron chi connectivity index (χ1n) is 7.71. The highest BCUT2D eigenvalue weighted by Gasteiger charge is 2.30. The summed E-state index contributed by atoms with van der Waals surface area (Å²) in [6.07, 6.45) is 0. The Hall–Kier alpha value is -2.03. The van der Waals surface area contributed by atoms with Gasteiger partial charge in [0.05, 0.1) is 12.0 Å². The first-order valence-corrected chi connectivity index (χ1v) is 9.64. The number of esters is 1. The Balaban J connectivity index is 1.78. The van der Waals surface area contributed by atoms with Crippen LogP contribution in [0.4, 0.5) is 0 Å². The second-order valence-corrected chi connectivity index (χ2v) is 7.36. The van der Waals surface area contributed by atoms with Crippen molar-refractivity contribution in [3.63, 3.8) is 0 Å². The molecule has 1 saturated heterocycles. The second-order valence-electron chi connectivity index (χ2n) is 5.28. The first kappa shape index (κ1) is 17.8. The van der Waals surface area contributed by atoms with E-state index in [0.29, 0.717) is 28.7 Å². The fraction of sp³-hybridized carbons (Fsp3) is 0.294. The van der Waals surface area contributed by atoms with E-state index in [2.05, 4.69) is 5.32 Å². The van der Waals surface area contributed by atoms with Crippen LogP contribution in [0.1, 0.15) is 27.5 Å². The highest BCUT2D eigenvalue weighted by molar-refractivity contribution is 7.99. The van der Waals surface area contributed by atoms with Crippen molar-refractivity contribution in [2.24, 2.45) is 0 Å². The van der Waals surface area contributed by atoms with Crippen LogP contribution >= 0.6 is 23.1 Å². The molecule has 2 unspecified atom stereocenters. The molecule has 1 aromatic heterocycles. The Labute approximate surface area is 153 Å². The maximum absolute atomic E-state index is 12.1. The highest BCUT2D eigenvalue weighted by atomic mass is 32.2. The summed E-state index contributed by atoms with van der Waals surface area (Å²) in [6, 6.07) is 8.20. The highest BCUT2D eigenvalue weighted by Crippen LogP contribution is 2.38. The number of ether oxygens (including phenoxy) is 2. The van der Waals surface area contributed by atoms with Crippen molar-refractivity contribution in [2.45, 2.75) is 18.3 Å². The van der Waals surface area contributed by atoms with Crippen molar-refractivity contribution in [3.05, 3.63) is 46.2 Å². The van der Waals surface area contributed by atoms with Gasteiger partial charge in [-0.2, -0.15) is 0 Å². The Kier molecular flexibility index (Phi) is 5.62. The summed E-state index contributed by atoms with van der Waals surface area (Å²) in [7, 11) is 0. The average Bonchev–Trinajstić information content (AvgIpc) is 3.28. The van der Waals surface area contributed by atoms with Gasteiger partial charge in [0.1, 0.15) is 10.9 Å². The number of carboxylic acids is 1. The third-order valence-corrected chi connectivity index (χ3v) is 5.69. The molecule has 2 aromatic rings. The number of benzene rings is 1. The smallest absolute Gasteiger partial charge is 0.353 e. The van der Waals surface area contributed by atoms with E-state index in [0.717, 1.165) is 5.56 Å². The molecule has 1 aromatic carbocycles. The lowest BCUT2D eigenvalue weighted by Crippen LogP contribution is -2.33. The van der Waals surface area contributed by atoms with Crippen LogP contribution in [0.5, 0.6) is 11.5 Å². The van der Waals surface area contributed by atoms with E-state index < -0.39 is 18.0 Å². The zero-order valence-corrected chi connectivity index (χ0v) is 15.1. The van der Waals surface area contributed by atoms with Gasteiger partial charge in [0, 0.05) is 5.75 Å². The van der Waals surface area contributed by atoms with Crippen molar-refractivity contribution in [1.29, 1.82) is 0 Å². The standard InChI is InChI=1S/C17H17NO5S2/c1-2-22-13-8-10(15-18-11(9-25-15)16(19)20)5-6-12(13)23-17(21)14-4-3-7-24-14/h3-8,11,15,18H,2,9H2,1H3,(H,19,20). The van der Waals surface area contributed by atoms with Crippen LogP contribution < -0.4 is 14.8 Å². The number of rotatable bonds is 6. The van der Waals surface area contributed by atoms with Gasteiger partial charge in [-0.1, -0.05) is 12.1 Å². The summed E-state index contributed by atoms with van der Waals surface area (Å²) in [5.74, 6) is 0.0245. The maximum Gasteiger partial charge on any atom is 0.353 e. The molecule has 25 heavy (non-hydrogen) atoms. The zero-order valence-electron chi connectivity index (χ0n) is 13.4. The molecule has 0 radical (unpaired) electrons. The van der Waals surface area contributed by atoms with Crippen molar-refractivity contribution in [3.8, 4) is 11.5 Å². The molecule has 0 spiro atoms. The number of hydrogen-bond acceptors (Lipinski definition) is 7. The normalized spacial score (nSPS) is 19.6. The molecule has 8 heteroatoms. The number of hydrogen-bond donors (Lipinski definition) is 2. The average molecular weight is 379 g/mol. The number of nitrogens with one attached hydrogen (secondary N) is 1. The molecule has 3 rings (SSSR count). The lowest BCUT2D eigenvalue weighted by molar-refractivity contribution is -0.138. The predicted molar refractivity (Wildman–Crippen MR) is 96.6 cm³/mol. The minimum absolute atomic E-state index is 0.137. The number of carbonyl (C=O) groups excluding carboxylic acids is 1. The molecule has 0 saturated carbocycles. The SMILES string of the molecule is CCOc1cc(C2NC(C(=O)O)CS2)ccc1OC(=O)c1cccs1.